The number of likely N-dealkylation sites (tertiary alicyclic amines) is 1. The fourth-order valence-electron chi connectivity index (χ4n) is 7.38. The summed E-state index contributed by atoms with van der Waals surface area (Å²) >= 11 is 7.00. The Balaban J connectivity index is 0.000000573. The van der Waals surface area contributed by atoms with E-state index in [0.29, 0.717) is 16.3 Å². The lowest BCUT2D eigenvalue weighted by Gasteiger charge is -2.58. The molecule has 11 heteroatoms. The summed E-state index contributed by atoms with van der Waals surface area (Å²) in [6.07, 6.45) is 5.67. The van der Waals surface area contributed by atoms with E-state index in [-0.39, 0.29) is 22.9 Å². The van der Waals surface area contributed by atoms with Crippen molar-refractivity contribution in [1.29, 1.82) is 5.41 Å². The second-order valence-electron chi connectivity index (χ2n) is 13.2. The number of nitrogens with one attached hydrogen (secondary N) is 1. The number of aromatic nitrogens is 2. The first-order valence-electron chi connectivity index (χ1n) is 15.7. The van der Waals surface area contributed by atoms with E-state index in [9.17, 15) is 4.79 Å². The van der Waals surface area contributed by atoms with Gasteiger partial charge in [-0.3, -0.25) is 9.48 Å². The smallest absolute Gasteiger partial charge is 0.245 e. The summed E-state index contributed by atoms with van der Waals surface area (Å²) in [5.74, 6) is 0.937. The number of carbonyl (C=O) groups is 1. The van der Waals surface area contributed by atoms with Gasteiger partial charge in [-0.05, 0) is 64.8 Å². The molecule has 0 radical (unpaired) electrons. The first kappa shape index (κ1) is 32.5. The molecule has 44 heavy (non-hydrogen) atoms. The van der Waals surface area contributed by atoms with Gasteiger partial charge in [-0.15, -0.1) is 0 Å². The predicted molar refractivity (Wildman–Crippen MR) is 177 cm³/mol. The molecule has 1 amide bonds. The number of likely N-dealkylation sites (N-methyl/N-ethyl adjacent to an activating group) is 1. The van der Waals surface area contributed by atoms with E-state index in [4.69, 9.17) is 37.3 Å². The van der Waals surface area contributed by atoms with Crippen LogP contribution in [0.3, 0.4) is 0 Å². The van der Waals surface area contributed by atoms with Crippen LogP contribution in [0.1, 0.15) is 56.0 Å². The number of aryl methyl sites for hydroxylation is 1. The maximum absolute atomic E-state index is 12.0. The number of amides is 1. The first-order valence-corrected chi connectivity index (χ1v) is 16.1. The Bertz CT molecular complexity index is 1400. The van der Waals surface area contributed by atoms with Gasteiger partial charge in [0.1, 0.15) is 0 Å². The van der Waals surface area contributed by atoms with Crippen LogP contribution in [-0.4, -0.2) is 103 Å². The van der Waals surface area contributed by atoms with Crippen molar-refractivity contribution < 1.29 is 14.3 Å². The second-order valence-corrected chi connectivity index (χ2v) is 13.6. The standard InChI is InChI=1S/C29H40ClN7O.C4H8O2/c1-7-23(38)35-16-29(17-35)12-20(13-29)37-19(4)24(25-21(14-31)22(32)11-18(3)26(25)30)27(33-37)36-10-9-34(6)15-28(36,5)8-2;1-2-6-4-3-5-1/h7,11,14,20,31H,1,8-10,12-13,15-17,32H2,2-6H3;1-4H2/t28-;/m0./s1. The van der Waals surface area contributed by atoms with Gasteiger partial charge < -0.3 is 35.3 Å². The molecule has 4 aliphatic rings. The molecule has 0 bridgehead atoms. The third kappa shape index (κ3) is 5.89. The van der Waals surface area contributed by atoms with E-state index in [1.54, 1.807) is 0 Å². The van der Waals surface area contributed by atoms with Crippen LogP contribution in [-0.2, 0) is 14.3 Å². The molecule has 1 aliphatic carbocycles. The van der Waals surface area contributed by atoms with Gasteiger partial charge in [0.05, 0.1) is 43.0 Å². The summed E-state index contributed by atoms with van der Waals surface area (Å²) < 4.78 is 12.1. The minimum absolute atomic E-state index is 0.0127. The van der Waals surface area contributed by atoms with Crippen LogP contribution >= 0.6 is 11.6 Å². The zero-order chi connectivity index (χ0) is 31.8. The van der Waals surface area contributed by atoms with E-state index in [1.165, 1.54) is 12.3 Å². The molecule has 3 aliphatic heterocycles. The van der Waals surface area contributed by atoms with Crippen LogP contribution < -0.4 is 10.6 Å². The van der Waals surface area contributed by atoms with Gasteiger partial charge in [0.25, 0.3) is 0 Å². The van der Waals surface area contributed by atoms with Gasteiger partial charge in [0.2, 0.25) is 5.91 Å². The summed E-state index contributed by atoms with van der Waals surface area (Å²) in [5.41, 5.74) is 11.4. The van der Waals surface area contributed by atoms with Crippen molar-refractivity contribution in [2.75, 3.05) is 76.8 Å². The van der Waals surface area contributed by atoms with Crippen molar-refractivity contribution in [2.45, 2.75) is 58.5 Å². The summed E-state index contributed by atoms with van der Waals surface area (Å²) in [6.45, 7) is 19.7. The Morgan fingerprint density at radius 3 is 2.34 bits per heavy atom. The number of piperazine rings is 1. The molecule has 3 saturated heterocycles. The number of halogens is 1. The molecule has 4 fully saturated rings. The molecule has 1 aromatic heterocycles. The molecule has 10 nitrogen and oxygen atoms in total. The normalized spacial score (nSPS) is 23.4. The van der Waals surface area contributed by atoms with Crippen molar-refractivity contribution >= 4 is 35.2 Å². The van der Waals surface area contributed by atoms with Crippen LogP contribution in [0.4, 0.5) is 11.5 Å². The molecule has 2 aromatic rings. The van der Waals surface area contributed by atoms with Crippen LogP contribution in [0.2, 0.25) is 5.02 Å². The molecule has 3 N–H and O–H groups in total. The number of nitrogens with zero attached hydrogens (tertiary/aromatic N) is 5. The number of carbonyl (C=O) groups excluding carboxylic acids is 1. The third-order valence-electron chi connectivity index (χ3n) is 9.99. The Hall–Kier alpha value is -2.92. The number of nitrogen functional groups attached to an aromatic ring is 1. The maximum atomic E-state index is 12.0. The fourth-order valence-corrected chi connectivity index (χ4v) is 7.64. The second kappa shape index (κ2) is 12.8. The monoisotopic (exact) mass is 625 g/mol. The van der Waals surface area contributed by atoms with Gasteiger partial charge in [-0.25, -0.2) is 0 Å². The summed E-state index contributed by atoms with van der Waals surface area (Å²) in [6, 6.07) is 2.11. The zero-order valence-electron chi connectivity index (χ0n) is 26.9. The van der Waals surface area contributed by atoms with Crippen molar-refractivity contribution in [3.05, 3.63) is 40.6 Å². The molecule has 6 rings (SSSR count). The SMILES string of the molecule is C1COCCO1.C=CC(=O)N1CC2(CC(n3nc(N4CCN(C)C[C@]4(C)CC)c(-c4c(Cl)c(C)cc(N)c4C=N)c3C)C2)C1. The van der Waals surface area contributed by atoms with Crippen LogP contribution in [0, 0.1) is 24.7 Å². The van der Waals surface area contributed by atoms with Crippen molar-refractivity contribution in [3.8, 4) is 11.1 Å². The molecular formula is C33H48ClN7O3. The molecule has 1 atom stereocenters. The van der Waals surface area contributed by atoms with E-state index in [0.717, 1.165) is 107 Å². The lowest BCUT2D eigenvalue weighted by molar-refractivity contribution is -0.149. The number of nitrogens with two attached hydrogens (primary N) is 1. The topological polar surface area (TPSA) is 113 Å². The van der Waals surface area contributed by atoms with E-state index >= 15 is 0 Å². The number of anilines is 2. The molecule has 1 aromatic carbocycles. The average molecular weight is 626 g/mol. The fraction of sp³-hybridized carbons (Fsp3) is 0.606. The van der Waals surface area contributed by atoms with Gasteiger partial charge in [-0.1, -0.05) is 25.1 Å². The van der Waals surface area contributed by atoms with Gasteiger partial charge in [0, 0.05) is 72.4 Å². The molecule has 4 heterocycles. The van der Waals surface area contributed by atoms with Crippen molar-refractivity contribution in [1.82, 2.24) is 19.6 Å². The number of hydrogen-bond acceptors (Lipinski definition) is 8. The molecular weight excluding hydrogens is 578 g/mol. The number of hydrogen-bond donors (Lipinski definition) is 2. The van der Waals surface area contributed by atoms with Gasteiger partial charge in [0.15, 0.2) is 5.82 Å². The summed E-state index contributed by atoms with van der Waals surface area (Å²) in [5, 5.41) is 14.2. The Morgan fingerprint density at radius 1 is 1.16 bits per heavy atom. The van der Waals surface area contributed by atoms with Crippen molar-refractivity contribution in [3.63, 3.8) is 0 Å². The number of rotatable bonds is 6. The summed E-state index contributed by atoms with van der Waals surface area (Å²) in [4.78, 5) is 18.7. The van der Waals surface area contributed by atoms with Crippen molar-refractivity contribution in [2.24, 2.45) is 5.41 Å². The highest BCUT2D eigenvalue weighted by atomic mass is 35.5. The van der Waals surface area contributed by atoms with Gasteiger partial charge >= 0.3 is 0 Å². The highest BCUT2D eigenvalue weighted by Gasteiger charge is 2.54. The minimum atomic E-state index is -0.0968. The maximum Gasteiger partial charge on any atom is 0.245 e. The Labute approximate surface area is 266 Å². The van der Waals surface area contributed by atoms with Crippen LogP contribution in [0.5, 0.6) is 0 Å². The minimum Gasteiger partial charge on any atom is -0.398 e. The quantitative estimate of drug-likeness (QED) is 0.272. The van der Waals surface area contributed by atoms with E-state index in [1.807, 2.05) is 17.9 Å². The number of ether oxygens (including phenoxy) is 2. The van der Waals surface area contributed by atoms with Crippen LogP contribution in [0.15, 0.2) is 18.7 Å². The zero-order valence-corrected chi connectivity index (χ0v) is 27.7. The first-order chi connectivity index (χ1) is 21.0. The largest absolute Gasteiger partial charge is 0.398 e. The van der Waals surface area contributed by atoms with E-state index in [2.05, 4.69) is 48.9 Å². The Morgan fingerprint density at radius 2 is 1.80 bits per heavy atom. The summed E-state index contributed by atoms with van der Waals surface area (Å²) in [7, 11) is 2.17. The molecule has 0 unspecified atom stereocenters. The van der Waals surface area contributed by atoms with E-state index < -0.39 is 0 Å². The highest BCUT2D eigenvalue weighted by molar-refractivity contribution is 6.35. The van der Waals surface area contributed by atoms with Crippen LogP contribution in [0.25, 0.3) is 11.1 Å². The number of benzene rings is 1. The molecule has 1 spiro atoms. The molecule has 1 saturated carbocycles. The third-order valence-corrected chi connectivity index (χ3v) is 10.5. The average Bonchev–Trinajstić information content (AvgIpc) is 3.29. The lowest BCUT2D eigenvalue weighted by Crippen LogP contribution is -2.63. The van der Waals surface area contributed by atoms with Gasteiger partial charge in [-0.2, -0.15) is 5.10 Å². The highest BCUT2D eigenvalue weighted by Crippen LogP contribution is 2.55. The Kier molecular flexibility index (Phi) is 9.47. The molecule has 240 valence electrons. The predicted octanol–water partition coefficient (Wildman–Crippen LogP) is 4.70. The lowest BCUT2D eigenvalue weighted by atomic mass is 9.60.